The predicted molar refractivity (Wildman–Crippen MR) is 209 cm³/mol. The van der Waals surface area contributed by atoms with Crippen LogP contribution in [0, 0.1) is 39.8 Å². The zero-order valence-corrected chi connectivity index (χ0v) is 31.8. The molecule has 5 aromatic carbocycles. The molecule has 9 rings (SSSR count). The third-order valence-electron chi connectivity index (χ3n) is 9.43. The van der Waals surface area contributed by atoms with Gasteiger partial charge in [0.05, 0.1) is 5.58 Å². The molecule has 0 aliphatic rings. The van der Waals surface area contributed by atoms with Gasteiger partial charge >= 0.3 is 0 Å². The van der Waals surface area contributed by atoms with Crippen LogP contribution in [-0.4, -0.2) is 15.0 Å². The molecule has 5 heteroatoms. The fourth-order valence-electron chi connectivity index (χ4n) is 6.43. The number of fused-ring (bicyclic) bond motifs is 4. The van der Waals surface area contributed by atoms with E-state index < -0.39 is 0 Å². The normalized spacial score (nSPS) is 10.9. The Morgan fingerprint density at radius 1 is 0.577 bits per heavy atom. The van der Waals surface area contributed by atoms with Crippen molar-refractivity contribution >= 4 is 32.8 Å². The number of nitrogens with zero attached hydrogens (tertiary/aromatic N) is 3. The maximum Gasteiger partial charge on any atom is 0.216 e. The van der Waals surface area contributed by atoms with E-state index in [0.717, 1.165) is 55.7 Å². The fourth-order valence-corrected chi connectivity index (χ4v) is 6.43. The van der Waals surface area contributed by atoms with Crippen molar-refractivity contribution in [3.05, 3.63) is 174 Å². The molecular weight excluding hydrogens is 815 g/mol. The molecule has 52 heavy (non-hydrogen) atoms. The van der Waals surface area contributed by atoms with E-state index in [4.69, 9.17) is 4.42 Å². The quantitative estimate of drug-likeness (QED) is 0.166. The van der Waals surface area contributed by atoms with Crippen molar-refractivity contribution in [2.24, 2.45) is 0 Å². The van der Waals surface area contributed by atoms with Crippen LogP contribution in [0.4, 0.5) is 0 Å². The Hall–Kier alpha value is -5.74. The van der Waals surface area contributed by atoms with E-state index in [2.05, 4.69) is 145 Å². The van der Waals surface area contributed by atoms with Gasteiger partial charge in [0.1, 0.15) is 0 Å². The summed E-state index contributed by atoms with van der Waals surface area (Å²) >= 11 is 0. The Morgan fingerprint density at radius 2 is 1.37 bits per heavy atom. The van der Waals surface area contributed by atoms with Gasteiger partial charge in [0.25, 0.3) is 0 Å². The van der Waals surface area contributed by atoms with Gasteiger partial charge in [-0.3, -0.25) is 0 Å². The molecule has 0 N–H and O–H groups in total. The second-order valence-electron chi connectivity index (χ2n) is 13.0. The number of aryl methyl sites for hydroxylation is 4. The maximum absolute atomic E-state index is 6.14. The van der Waals surface area contributed by atoms with Crippen LogP contribution in [-0.2, 0) is 20.1 Å². The predicted octanol–water partition coefficient (Wildman–Crippen LogP) is 12.1. The molecule has 0 bridgehead atoms. The van der Waals surface area contributed by atoms with Gasteiger partial charge in [-0.15, -0.1) is 47.5 Å². The summed E-state index contributed by atoms with van der Waals surface area (Å²) in [5.74, 6) is 0. The fraction of sp³-hybridized carbons (Fsp3) is 0.0851. The number of aromatic nitrogens is 3. The van der Waals surface area contributed by atoms with Gasteiger partial charge < -0.3 is 14.4 Å². The molecule has 255 valence electrons. The molecular formula is C47H35IrN3O-2. The van der Waals surface area contributed by atoms with Crippen LogP contribution in [0.3, 0.4) is 0 Å². The van der Waals surface area contributed by atoms with E-state index in [1.807, 2.05) is 49.6 Å². The Bertz CT molecular complexity index is 2700. The number of furan rings is 1. The summed E-state index contributed by atoms with van der Waals surface area (Å²) in [5.41, 5.74) is 14.5. The first-order chi connectivity index (χ1) is 24.9. The Labute approximate surface area is 317 Å². The SMILES string of the molecule is Cc1ccc2c(n1)oc1c(-c3cc(-c4ccc5ccccc5c4)ccn3)[c-]ccc12.Cc1cnc(-c2[c-]cc(C)c(-c3ccccc3)c2)cc1C.[Ir]. The molecule has 9 aromatic rings. The Kier molecular flexibility index (Phi) is 9.91. The molecule has 0 aliphatic heterocycles. The molecule has 4 heterocycles. The van der Waals surface area contributed by atoms with Crippen LogP contribution in [0.2, 0.25) is 0 Å². The zero-order chi connectivity index (χ0) is 34.9. The first-order valence-electron chi connectivity index (χ1n) is 17.1. The second kappa shape index (κ2) is 14.9. The van der Waals surface area contributed by atoms with Gasteiger partial charge in [0, 0.05) is 43.6 Å². The van der Waals surface area contributed by atoms with Crippen molar-refractivity contribution in [3.63, 3.8) is 0 Å². The molecule has 0 aliphatic carbocycles. The summed E-state index contributed by atoms with van der Waals surface area (Å²) in [6.07, 6.45) is 3.78. The van der Waals surface area contributed by atoms with Gasteiger partial charge in [-0.1, -0.05) is 108 Å². The van der Waals surface area contributed by atoms with Gasteiger partial charge in [-0.25, -0.2) is 4.98 Å². The number of hydrogen-bond acceptors (Lipinski definition) is 4. The van der Waals surface area contributed by atoms with E-state index >= 15 is 0 Å². The van der Waals surface area contributed by atoms with Gasteiger partial charge in [0.15, 0.2) is 0 Å². The monoisotopic (exact) mass is 850 g/mol. The maximum atomic E-state index is 6.14. The molecule has 0 saturated heterocycles. The number of pyridine rings is 3. The third kappa shape index (κ3) is 6.94. The topological polar surface area (TPSA) is 51.8 Å². The van der Waals surface area contributed by atoms with Crippen LogP contribution >= 0.6 is 0 Å². The average molecular weight is 850 g/mol. The minimum atomic E-state index is 0. The largest absolute Gasteiger partial charge is 0.486 e. The van der Waals surface area contributed by atoms with Crippen molar-refractivity contribution in [3.8, 4) is 44.8 Å². The summed E-state index contributed by atoms with van der Waals surface area (Å²) in [6.45, 7) is 8.29. The van der Waals surface area contributed by atoms with Crippen molar-refractivity contribution < 1.29 is 24.5 Å². The Balaban J connectivity index is 0.000000169. The van der Waals surface area contributed by atoms with E-state index in [9.17, 15) is 0 Å². The van der Waals surface area contributed by atoms with E-state index in [1.165, 1.54) is 38.6 Å². The van der Waals surface area contributed by atoms with Crippen LogP contribution in [0.1, 0.15) is 22.4 Å². The molecule has 4 aromatic heterocycles. The molecule has 0 fully saturated rings. The Morgan fingerprint density at radius 3 is 2.19 bits per heavy atom. The minimum Gasteiger partial charge on any atom is -0.486 e. The number of hydrogen-bond donors (Lipinski definition) is 0. The van der Waals surface area contributed by atoms with Crippen LogP contribution in [0.5, 0.6) is 0 Å². The summed E-state index contributed by atoms with van der Waals surface area (Å²) in [6, 6.07) is 50.6. The van der Waals surface area contributed by atoms with Crippen LogP contribution < -0.4 is 0 Å². The average Bonchev–Trinajstić information content (AvgIpc) is 3.54. The van der Waals surface area contributed by atoms with Crippen molar-refractivity contribution in [2.45, 2.75) is 27.7 Å². The summed E-state index contributed by atoms with van der Waals surface area (Å²) < 4.78 is 6.14. The van der Waals surface area contributed by atoms with E-state index in [0.29, 0.717) is 5.71 Å². The molecule has 4 nitrogen and oxygen atoms in total. The van der Waals surface area contributed by atoms with Crippen LogP contribution in [0.25, 0.3) is 77.6 Å². The summed E-state index contributed by atoms with van der Waals surface area (Å²) in [4.78, 5) is 13.7. The summed E-state index contributed by atoms with van der Waals surface area (Å²) in [7, 11) is 0. The first-order valence-corrected chi connectivity index (χ1v) is 17.1. The smallest absolute Gasteiger partial charge is 0.216 e. The first kappa shape index (κ1) is 34.7. The summed E-state index contributed by atoms with van der Waals surface area (Å²) in [5, 5.41) is 4.50. The third-order valence-corrected chi connectivity index (χ3v) is 9.43. The van der Waals surface area contributed by atoms with E-state index in [-0.39, 0.29) is 20.1 Å². The second-order valence-corrected chi connectivity index (χ2v) is 13.0. The van der Waals surface area contributed by atoms with Gasteiger partial charge in [-0.05, 0) is 89.5 Å². The van der Waals surface area contributed by atoms with Crippen molar-refractivity contribution in [1.29, 1.82) is 0 Å². The van der Waals surface area contributed by atoms with Crippen LogP contribution in [0.15, 0.2) is 144 Å². The number of benzene rings is 5. The molecule has 0 spiro atoms. The minimum absolute atomic E-state index is 0. The van der Waals surface area contributed by atoms with Gasteiger partial charge in [-0.2, -0.15) is 0 Å². The zero-order valence-electron chi connectivity index (χ0n) is 29.4. The standard InChI is InChI=1S/C27H17N2O.C20H18N.Ir/c1-17-9-12-23-22-7-4-8-24(26(22)30-27(23)29-17)25-16-21(13-14-28-25)20-11-10-18-5-2-3-6-19(18)15-20;1-14-9-10-18(20-11-15(2)16(3)13-21-20)12-19(14)17-7-5-4-6-8-17;/h2-7,9-16H,1H3;4-9,11-13H,1-3H3;/q2*-1;. The molecule has 0 unspecified atom stereocenters. The van der Waals surface area contributed by atoms with Crippen molar-refractivity contribution in [1.82, 2.24) is 15.0 Å². The van der Waals surface area contributed by atoms with E-state index in [1.54, 1.807) is 0 Å². The number of rotatable bonds is 4. The van der Waals surface area contributed by atoms with Crippen molar-refractivity contribution in [2.75, 3.05) is 0 Å². The molecule has 0 saturated carbocycles. The molecule has 1 radical (unpaired) electrons. The van der Waals surface area contributed by atoms with Gasteiger partial charge in [0.2, 0.25) is 5.71 Å². The molecule has 0 amide bonds. The molecule has 0 atom stereocenters.